The first-order valence-electron chi connectivity index (χ1n) is 7.02. The predicted molar refractivity (Wildman–Crippen MR) is 73.8 cm³/mol. The topological polar surface area (TPSA) is 38.8 Å². The van der Waals surface area contributed by atoms with Crippen molar-refractivity contribution in [3.63, 3.8) is 0 Å². The van der Waals surface area contributed by atoms with E-state index in [1.54, 1.807) is 0 Å². The minimum Gasteiger partial charge on any atom is -0.438 e. The van der Waals surface area contributed by atoms with Crippen LogP contribution in [0.5, 0.6) is 0 Å². The Morgan fingerprint density at radius 1 is 0.889 bits per heavy atom. The van der Waals surface area contributed by atoms with Crippen molar-refractivity contribution in [3.05, 3.63) is 0 Å². The zero-order valence-electron chi connectivity index (χ0n) is 12.2. The second-order valence-electron chi connectivity index (χ2n) is 4.93. The monoisotopic (exact) mass is 259 g/mol. The molecule has 0 saturated heterocycles. The van der Waals surface area contributed by atoms with Gasteiger partial charge in [0.05, 0.1) is 13.7 Å². The first kappa shape index (κ1) is 17.2. The highest BCUT2D eigenvalue weighted by Gasteiger charge is 1.99. The van der Waals surface area contributed by atoms with Crippen molar-refractivity contribution in [2.24, 2.45) is 0 Å². The molecule has 0 radical (unpaired) electrons. The van der Waals surface area contributed by atoms with Crippen LogP contribution in [0, 0.1) is 0 Å². The minimum atomic E-state index is -0.573. The van der Waals surface area contributed by atoms with Crippen molar-refractivity contribution < 1.29 is 14.3 Å². The van der Waals surface area contributed by atoms with Crippen LogP contribution >= 0.6 is 0 Å². The van der Waals surface area contributed by atoms with Crippen LogP contribution in [0.1, 0.15) is 51.4 Å². The summed E-state index contributed by atoms with van der Waals surface area (Å²) in [7, 11) is 5.57. The zero-order valence-corrected chi connectivity index (χ0v) is 12.2. The number of hydrogen-bond acceptors (Lipinski definition) is 4. The molecule has 0 aliphatic rings. The molecule has 0 spiro atoms. The van der Waals surface area contributed by atoms with Gasteiger partial charge in [0.25, 0.3) is 0 Å². The van der Waals surface area contributed by atoms with Crippen LogP contribution in [0.15, 0.2) is 0 Å². The largest absolute Gasteiger partial charge is 0.507 e. The molecule has 0 amide bonds. The summed E-state index contributed by atoms with van der Waals surface area (Å²) in [6.07, 6.45) is 9.33. The molecule has 0 rings (SSSR count). The smallest absolute Gasteiger partial charge is 0.438 e. The van der Waals surface area contributed by atoms with Gasteiger partial charge in [-0.25, -0.2) is 4.79 Å². The second kappa shape index (κ2) is 12.7. The lowest BCUT2D eigenvalue weighted by atomic mass is 10.1. The lowest BCUT2D eigenvalue weighted by molar-refractivity contribution is 0.0713. The van der Waals surface area contributed by atoms with E-state index in [-0.39, 0.29) is 0 Å². The highest BCUT2D eigenvalue weighted by Crippen LogP contribution is 2.08. The first-order valence-corrected chi connectivity index (χ1v) is 7.02. The molecule has 0 atom stereocenters. The summed E-state index contributed by atoms with van der Waals surface area (Å²) in [5.74, 6) is 0. The highest BCUT2D eigenvalue weighted by molar-refractivity contribution is 5.59. The Morgan fingerprint density at radius 3 is 1.89 bits per heavy atom. The third kappa shape index (κ3) is 13.3. The number of rotatable bonds is 11. The molecule has 18 heavy (non-hydrogen) atoms. The van der Waals surface area contributed by atoms with E-state index < -0.39 is 6.16 Å². The van der Waals surface area contributed by atoms with Crippen molar-refractivity contribution in [1.82, 2.24) is 4.90 Å². The van der Waals surface area contributed by atoms with Crippen molar-refractivity contribution >= 4 is 6.16 Å². The molecule has 4 nitrogen and oxygen atoms in total. The van der Waals surface area contributed by atoms with Gasteiger partial charge in [-0.05, 0) is 33.5 Å². The number of nitrogens with zero attached hydrogens (tertiary/aromatic N) is 1. The Bertz CT molecular complexity index is 195. The third-order valence-corrected chi connectivity index (χ3v) is 2.89. The summed E-state index contributed by atoms with van der Waals surface area (Å²) < 4.78 is 9.19. The maximum absolute atomic E-state index is 10.6. The normalized spacial score (nSPS) is 10.7. The van der Waals surface area contributed by atoms with E-state index in [0.29, 0.717) is 6.61 Å². The molecule has 0 aliphatic carbocycles. The standard InChI is InChI=1S/C14H29NO3/c1-15(2)12-10-8-6-4-5-7-9-11-13-18-14(16)17-3/h4-13H2,1-3H3. The summed E-state index contributed by atoms with van der Waals surface area (Å²) >= 11 is 0. The van der Waals surface area contributed by atoms with E-state index in [1.165, 1.54) is 52.2 Å². The molecular weight excluding hydrogens is 230 g/mol. The van der Waals surface area contributed by atoms with E-state index in [0.717, 1.165) is 12.8 Å². The third-order valence-electron chi connectivity index (χ3n) is 2.89. The van der Waals surface area contributed by atoms with Gasteiger partial charge >= 0.3 is 6.16 Å². The minimum absolute atomic E-state index is 0.482. The number of hydrogen-bond donors (Lipinski definition) is 0. The quantitative estimate of drug-likeness (QED) is 0.421. The molecule has 4 heteroatoms. The van der Waals surface area contributed by atoms with Gasteiger partial charge in [-0.15, -0.1) is 0 Å². The summed E-state index contributed by atoms with van der Waals surface area (Å²) in [4.78, 5) is 12.9. The number of unbranched alkanes of at least 4 members (excludes halogenated alkanes) is 7. The van der Waals surface area contributed by atoms with Crippen molar-refractivity contribution in [2.45, 2.75) is 51.4 Å². The average molecular weight is 259 g/mol. The highest BCUT2D eigenvalue weighted by atomic mass is 16.7. The van der Waals surface area contributed by atoms with Gasteiger partial charge in [-0.1, -0.05) is 38.5 Å². The maximum Gasteiger partial charge on any atom is 0.507 e. The molecule has 0 unspecified atom stereocenters. The fraction of sp³-hybridized carbons (Fsp3) is 0.929. The van der Waals surface area contributed by atoms with Gasteiger partial charge in [0.15, 0.2) is 0 Å². The summed E-state index contributed by atoms with van der Waals surface area (Å²) in [5.41, 5.74) is 0. The van der Waals surface area contributed by atoms with E-state index in [1.807, 2.05) is 0 Å². The van der Waals surface area contributed by atoms with Crippen LogP contribution in [-0.4, -0.2) is 45.4 Å². The van der Waals surface area contributed by atoms with Crippen molar-refractivity contribution in [3.8, 4) is 0 Å². The molecule has 0 saturated carbocycles. The fourth-order valence-electron chi connectivity index (χ4n) is 1.81. The summed E-state index contributed by atoms with van der Waals surface area (Å²) in [5, 5.41) is 0. The maximum atomic E-state index is 10.6. The van der Waals surface area contributed by atoms with Gasteiger partial charge in [-0.3, -0.25) is 0 Å². The lowest BCUT2D eigenvalue weighted by Gasteiger charge is -2.08. The van der Waals surface area contributed by atoms with Gasteiger partial charge < -0.3 is 14.4 Å². The van der Waals surface area contributed by atoms with Gasteiger partial charge in [-0.2, -0.15) is 0 Å². The predicted octanol–water partition coefficient (Wildman–Crippen LogP) is 3.45. The summed E-state index contributed by atoms with van der Waals surface area (Å²) in [6.45, 7) is 1.68. The number of methoxy groups -OCH3 is 1. The SMILES string of the molecule is COC(=O)OCCCCCCCCCCN(C)C. The Morgan fingerprint density at radius 2 is 1.39 bits per heavy atom. The fourth-order valence-corrected chi connectivity index (χ4v) is 1.81. The molecule has 0 aromatic carbocycles. The van der Waals surface area contributed by atoms with Gasteiger partial charge in [0.2, 0.25) is 0 Å². The Kier molecular flexibility index (Phi) is 12.1. The summed E-state index contributed by atoms with van der Waals surface area (Å²) in [6, 6.07) is 0. The Labute approximate surface area is 112 Å². The van der Waals surface area contributed by atoms with Crippen LogP contribution in [0.25, 0.3) is 0 Å². The van der Waals surface area contributed by atoms with E-state index >= 15 is 0 Å². The van der Waals surface area contributed by atoms with Crippen LogP contribution in [-0.2, 0) is 9.47 Å². The van der Waals surface area contributed by atoms with Crippen molar-refractivity contribution in [2.75, 3.05) is 34.4 Å². The Hall–Kier alpha value is -0.770. The first-order chi connectivity index (χ1) is 8.66. The lowest BCUT2D eigenvalue weighted by Crippen LogP contribution is -2.12. The van der Waals surface area contributed by atoms with E-state index in [4.69, 9.17) is 4.74 Å². The van der Waals surface area contributed by atoms with Gasteiger partial charge in [0.1, 0.15) is 0 Å². The van der Waals surface area contributed by atoms with Crippen molar-refractivity contribution in [1.29, 1.82) is 0 Å². The van der Waals surface area contributed by atoms with E-state index in [9.17, 15) is 4.79 Å². The molecule has 0 N–H and O–H groups in total. The Balaban J connectivity index is 3.01. The van der Waals surface area contributed by atoms with Gasteiger partial charge in [0, 0.05) is 0 Å². The second-order valence-corrected chi connectivity index (χ2v) is 4.93. The molecular formula is C14H29NO3. The molecule has 0 aliphatic heterocycles. The molecule has 108 valence electrons. The van der Waals surface area contributed by atoms with Crippen LogP contribution in [0.4, 0.5) is 4.79 Å². The average Bonchev–Trinajstić information content (AvgIpc) is 2.35. The molecule has 0 heterocycles. The van der Waals surface area contributed by atoms with Crippen LogP contribution in [0.3, 0.4) is 0 Å². The number of carbonyl (C=O) groups excluding carboxylic acids is 1. The molecule has 0 bridgehead atoms. The molecule has 0 fully saturated rings. The number of ether oxygens (including phenoxy) is 2. The van der Waals surface area contributed by atoms with Crippen LogP contribution < -0.4 is 0 Å². The molecule has 0 aromatic heterocycles. The van der Waals surface area contributed by atoms with Crippen LogP contribution in [0.2, 0.25) is 0 Å². The van der Waals surface area contributed by atoms with E-state index in [2.05, 4.69) is 23.7 Å². The number of carbonyl (C=O) groups is 1. The zero-order chi connectivity index (χ0) is 13.6. The molecule has 0 aromatic rings.